The molecule has 0 atom stereocenters. The first-order valence-electron chi connectivity index (χ1n) is 7.63. The van der Waals surface area contributed by atoms with Crippen LogP contribution in [0.5, 0.6) is 0 Å². The third kappa shape index (κ3) is 2.34. The second-order valence-corrected chi connectivity index (χ2v) is 5.50. The number of nitrogen functional groups attached to an aromatic ring is 1. The minimum Gasteiger partial charge on any atom is -0.383 e. The van der Waals surface area contributed by atoms with E-state index in [0.717, 1.165) is 33.2 Å². The lowest BCUT2D eigenvalue weighted by Gasteiger charge is -2.15. The molecule has 2 N–H and O–H groups in total. The summed E-state index contributed by atoms with van der Waals surface area (Å²) in [6.07, 6.45) is 0. The van der Waals surface area contributed by atoms with Crippen molar-refractivity contribution >= 4 is 16.7 Å². The molecule has 1 heterocycles. The van der Waals surface area contributed by atoms with E-state index in [2.05, 4.69) is 47.4 Å². The van der Waals surface area contributed by atoms with Crippen LogP contribution in [0.1, 0.15) is 0 Å². The van der Waals surface area contributed by atoms with Gasteiger partial charge in [0.2, 0.25) is 0 Å². The number of fused-ring (bicyclic) bond motifs is 1. The summed E-state index contributed by atoms with van der Waals surface area (Å²) in [6, 6.07) is 28.7. The van der Waals surface area contributed by atoms with E-state index in [1.54, 1.807) is 0 Å². The zero-order valence-electron chi connectivity index (χ0n) is 12.6. The van der Waals surface area contributed by atoms with E-state index in [-0.39, 0.29) is 0 Å². The van der Waals surface area contributed by atoms with Crippen molar-refractivity contribution in [3.05, 3.63) is 84.9 Å². The summed E-state index contributed by atoms with van der Waals surface area (Å²) in [7, 11) is 0. The van der Waals surface area contributed by atoms with Crippen molar-refractivity contribution in [1.82, 2.24) is 4.98 Å². The van der Waals surface area contributed by atoms with Crippen molar-refractivity contribution in [3.8, 4) is 22.3 Å². The van der Waals surface area contributed by atoms with E-state index >= 15 is 0 Å². The van der Waals surface area contributed by atoms with E-state index in [1.807, 2.05) is 42.5 Å². The van der Waals surface area contributed by atoms with Crippen LogP contribution >= 0.6 is 0 Å². The molecule has 1 aromatic heterocycles. The Morgan fingerprint density at radius 2 is 1.09 bits per heavy atom. The van der Waals surface area contributed by atoms with Gasteiger partial charge in [0, 0.05) is 16.5 Å². The third-order valence-electron chi connectivity index (χ3n) is 4.05. The van der Waals surface area contributed by atoms with Gasteiger partial charge in [0.1, 0.15) is 5.82 Å². The lowest BCUT2D eigenvalue weighted by Crippen LogP contribution is -1.98. The average Bonchev–Trinajstić information content (AvgIpc) is 2.62. The molecule has 0 aliphatic rings. The standard InChI is InChI=1S/C21H16N2/c22-21-20(16-11-5-2-6-12-16)19(15-9-3-1-4-10-15)17-13-7-8-14-18(17)23-21/h1-14H,(H2,22,23). The van der Waals surface area contributed by atoms with Gasteiger partial charge < -0.3 is 5.73 Å². The van der Waals surface area contributed by atoms with Crippen LogP contribution < -0.4 is 5.73 Å². The van der Waals surface area contributed by atoms with Gasteiger partial charge in [-0.25, -0.2) is 4.98 Å². The highest BCUT2D eigenvalue weighted by molar-refractivity contribution is 6.05. The molecule has 23 heavy (non-hydrogen) atoms. The van der Waals surface area contributed by atoms with Gasteiger partial charge >= 0.3 is 0 Å². The van der Waals surface area contributed by atoms with Crippen LogP contribution in [0, 0.1) is 0 Å². The first-order valence-corrected chi connectivity index (χ1v) is 7.63. The largest absolute Gasteiger partial charge is 0.383 e. The number of nitrogens with two attached hydrogens (primary N) is 1. The molecule has 110 valence electrons. The Balaban J connectivity index is 2.15. The highest BCUT2D eigenvalue weighted by Crippen LogP contribution is 2.40. The van der Waals surface area contributed by atoms with Crippen LogP contribution in [0.2, 0.25) is 0 Å². The zero-order valence-corrected chi connectivity index (χ0v) is 12.6. The minimum atomic E-state index is 0.564. The molecule has 0 aliphatic heterocycles. The first kappa shape index (κ1) is 13.5. The Morgan fingerprint density at radius 1 is 0.565 bits per heavy atom. The molecule has 0 saturated carbocycles. The van der Waals surface area contributed by atoms with Crippen molar-refractivity contribution in [2.24, 2.45) is 0 Å². The van der Waals surface area contributed by atoms with Crippen LogP contribution in [-0.2, 0) is 0 Å². The number of nitrogens with zero attached hydrogens (tertiary/aromatic N) is 1. The summed E-state index contributed by atoms with van der Waals surface area (Å²) in [6.45, 7) is 0. The number of hydrogen-bond donors (Lipinski definition) is 1. The summed E-state index contributed by atoms with van der Waals surface area (Å²) in [5.74, 6) is 0.564. The number of benzene rings is 3. The summed E-state index contributed by atoms with van der Waals surface area (Å²) in [5, 5.41) is 1.12. The number of anilines is 1. The molecule has 0 unspecified atom stereocenters. The highest BCUT2D eigenvalue weighted by Gasteiger charge is 2.16. The van der Waals surface area contributed by atoms with Gasteiger partial charge in [-0.3, -0.25) is 0 Å². The monoisotopic (exact) mass is 296 g/mol. The summed E-state index contributed by atoms with van der Waals surface area (Å²) in [4.78, 5) is 4.62. The number of hydrogen-bond acceptors (Lipinski definition) is 2. The number of pyridine rings is 1. The van der Waals surface area contributed by atoms with Crippen molar-refractivity contribution in [2.75, 3.05) is 5.73 Å². The molecular formula is C21H16N2. The molecule has 0 amide bonds. The van der Waals surface area contributed by atoms with E-state index < -0.39 is 0 Å². The van der Waals surface area contributed by atoms with Crippen LogP contribution in [0.3, 0.4) is 0 Å². The molecule has 2 nitrogen and oxygen atoms in total. The zero-order chi connectivity index (χ0) is 15.6. The molecular weight excluding hydrogens is 280 g/mol. The van der Waals surface area contributed by atoms with Crippen molar-refractivity contribution < 1.29 is 0 Å². The number of para-hydroxylation sites is 1. The maximum absolute atomic E-state index is 6.35. The smallest absolute Gasteiger partial charge is 0.132 e. The fourth-order valence-electron chi connectivity index (χ4n) is 3.03. The fourth-order valence-corrected chi connectivity index (χ4v) is 3.03. The Morgan fingerprint density at radius 3 is 1.74 bits per heavy atom. The molecule has 2 heteroatoms. The molecule has 0 spiro atoms. The average molecular weight is 296 g/mol. The Kier molecular flexibility index (Phi) is 3.28. The van der Waals surface area contributed by atoms with Gasteiger partial charge in [0.15, 0.2) is 0 Å². The van der Waals surface area contributed by atoms with E-state index in [1.165, 1.54) is 0 Å². The predicted molar refractivity (Wildman–Crippen MR) is 97.0 cm³/mol. The molecule has 4 rings (SSSR count). The van der Waals surface area contributed by atoms with Gasteiger partial charge in [-0.2, -0.15) is 0 Å². The topological polar surface area (TPSA) is 38.9 Å². The molecule has 0 aliphatic carbocycles. The second-order valence-electron chi connectivity index (χ2n) is 5.50. The number of aromatic nitrogens is 1. The molecule has 0 bridgehead atoms. The second kappa shape index (κ2) is 5.58. The molecule has 0 saturated heterocycles. The maximum Gasteiger partial charge on any atom is 0.132 e. The van der Waals surface area contributed by atoms with Crippen molar-refractivity contribution in [3.63, 3.8) is 0 Å². The fraction of sp³-hybridized carbons (Fsp3) is 0. The van der Waals surface area contributed by atoms with Gasteiger partial charge in [-0.1, -0.05) is 78.9 Å². The molecule has 4 aromatic rings. The quantitative estimate of drug-likeness (QED) is 0.555. The summed E-state index contributed by atoms with van der Waals surface area (Å²) in [5.41, 5.74) is 11.6. The summed E-state index contributed by atoms with van der Waals surface area (Å²) >= 11 is 0. The summed E-state index contributed by atoms with van der Waals surface area (Å²) < 4.78 is 0. The van der Waals surface area contributed by atoms with Crippen LogP contribution in [0.25, 0.3) is 33.2 Å². The van der Waals surface area contributed by atoms with Crippen LogP contribution in [0.15, 0.2) is 84.9 Å². The maximum atomic E-state index is 6.35. The van der Waals surface area contributed by atoms with Gasteiger partial charge in [0.05, 0.1) is 5.52 Å². The van der Waals surface area contributed by atoms with Gasteiger partial charge in [-0.05, 0) is 17.2 Å². The van der Waals surface area contributed by atoms with Gasteiger partial charge in [-0.15, -0.1) is 0 Å². The van der Waals surface area contributed by atoms with Crippen LogP contribution in [-0.4, -0.2) is 4.98 Å². The van der Waals surface area contributed by atoms with E-state index in [4.69, 9.17) is 5.73 Å². The van der Waals surface area contributed by atoms with Crippen molar-refractivity contribution in [2.45, 2.75) is 0 Å². The Hall–Kier alpha value is -3.13. The Labute approximate surface area is 135 Å². The molecule has 0 fully saturated rings. The SMILES string of the molecule is Nc1nc2ccccc2c(-c2ccccc2)c1-c1ccccc1. The minimum absolute atomic E-state index is 0.564. The lowest BCUT2D eigenvalue weighted by molar-refractivity contribution is 1.41. The van der Waals surface area contributed by atoms with Crippen LogP contribution in [0.4, 0.5) is 5.82 Å². The van der Waals surface area contributed by atoms with Gasteiger partial charge in [0.25, 0.3) is 0 Å². The third-order valence-corrected chi connectivity index (χ3v) is 4.05. The lowest BCUT2D eigenvalue weighted by atomic mass is 9.92. The molecule has 0 radical (unpaired) electrons. The normalized spacial score (nSPS) is 10.8. The van der Waals surface area contributed by atoms with E-state index in [9.17, 15) is 0 Å². The van der Waals surface area contributed by atoms with Crippen molar-refractivity contribution in [1.29, 1.82) is 0 Å². The van der Waals surface area contributed by atoms with E-state index in [0.29, 0.717) is 5.82 Å². The number of rotatable bonds is 2. The predicted octanol–water partition coefficient (Wildman–Crippen LogP) is 5.15. The first-order chi connectivity index (χ1) is 11.3. The molecule has 3 aromatic carbocycles. The Bertz CT molecular complexity index is 961. The highest BCUT2D eigenvalue weighted by atomic mass is 14.8.